The molecule has 0 saturated carbocycles. The monoisotopic (exact) mass is 433 g/mol. The summed E-state index contributed by atoms with van der Waals surface area (Å²) in [6.07, 6.45) is -4.59. The molecule has 0 fully saturated rings. The number of methoxy groups -OCH3 is 1. The zero-order valence-corrected chi connectivity index (χ0v) is 15.5. The molecule has 0 aliphatic rings. The summed E-state index contributed by atoms with van der Waals surface area (Å²) in [5.74, 6) is -0.857. The van der Waals surface area contributed by atoms with Crippen LogP contribution in [-0.4, -0.2) is 23.1 Å². The van der Waals surface area contributed by atoms with Crippen molar-refractivity contribution in [2.24, 2.45) is 0 Å². The predicted molar refractivity (Wildman–Crippen MR) is 99.8 cm³/mol. The Labute approximate surface area is 166 Å². The maximum atomic E-state index is 12.8. The second-order valence-corrected chi connectivity index (χ2v) is 6.06. The molecular formula is C16H11ClF3N3O4S. The summed E-state index contributed by atoms with van der Waals surface area (Å²) < 4.78 is 43.2. The number of halogens is 4. The van der Waals surface area contributed by atoms with Crippen LogP contribution >= 0.6 is 23.8 Å². The van der Waals surface area contributed by atoms with E-state index < -0.39 is 28.3 Å². The van der Waals surface area contributed by atoms with Crippen molar-refractivity contribution in [1.29, 1.82) is 0 Å². The van der Waals surface area contributed by atoms with Gasteiger partial charge in [-0.05, 0) is 42.5 Å². The summed E-state index contributed by atoms with van der Waals surface area (Å²) in [4.78, 5) is 22.5. The SMILES string of the molecule is COc1ccc(C(=O)NC(=S)Nc2cc(C(F)(F)F)ccc2Cl)cc1[N+](=O)[O-]. The van der Waals surface area contributed by atoms with Gasteiger partial charge >= 0.3 is 11.9 Å². The van der Waals surface area contributed by atoms with E-state index in [-0.39, 0.29) is 27.1 Å². The minimum absolute atomic E-state index is 0.0435. The van der Waals surface area contributed by atoms with Gasteiger partial charge in [-0.3, -0.25) is 20.2 Å². The minimum Gasteiger partial charge on any atom is -0.490 e. The van der Waals surface area contributed by atoms with Gasteiger partial charge in [0.25, 0.3) is 5.91 Å². The van der Waals surface area contributed by atoms with Crippen molar-refractivity contribution in [1.82, 2.24) is 5.32 Å². The van der Waals surface area contributed by atoms with Gasteiger partial charge in [0.15, 0.2) is 10.9 Å². The lowest BCUT2D eigenvalue weighted by Gasteiger charge is -2.13. The molecule has 0 aliphatic heterocycles. The smallest absolute Gasteiger partial charge is 0.416 e. The fourth-order valence-corrected chi connectivity index (χ4v) is 2.47. The van der Waals surface area contributed by atoms with E-state index in [0.29, 0.717) is 0 Å². The van der Waals surface area contributed by atoms with Gasteiger partial charge in [0.1, 0.15) is 0 Å². The van der Waals surface area contributed by atoms with E-state index in [0.717, 1.165) is 24.3 Å². The fraction of sp³-hybridized carbons (Fsp3) is 0.125. The molecule has 0 aliphatic carbocycles. The van der Waals surface area contributed by atoms with Crippen molar-refractivity contribution in [3.05, 3.63) is 62.7 Å². The molecule has 0 unspecified atom stereocenters. The summed E-state index contributed by atoms with van der Waals surface area (Å²) in [6, 6.07) is 6.04. The van der Waals surface area contributed by atoms with Gasteiger partial charge in [0, 0.05) is 11.6 Å². The number of nitrogens with one attached hydrogen (secondary N) is 2. The van der Waals surface area contributed by atoms with Gasteiger partial charge in [-0.15, -0.1) is 0 Å². The number of thiocarbonyl (C=S) groups is 1. The largest absolute Gasteiger partial charge is 0.490 e. The quantitative estimate of drug-likeness (QED) is 0.421. The van der Waals surface area contributed by atoms with Gasteiger partial charge < -0.3 is 10.1 Å². The minimum atomic E-state index is -4.59. The Morgan fingerprint density at radius 1 is 1.25 bits per heavy atom. The first kappa shape index (κ1) is 21.4. The molecule has 2 N–H and O–H groups in total. The molecule has 2 aromatic carbocycles. The Bertz CT molecular complexity index is 953. The maximum Gasteiger partial charge on any atom is 0.416 e. The predicted octanol–water partition coefficient (Wildman–Crippen LogP) is 4.40. The van der Waals surface area contributed by atoms with E-state index >= 15 is 0 Å². The molecule has 0 saturated heterocycles. The number of amides is 1. The van der Waals surface area contributed by atoms with Crippen LogP contribution in [0.1, 0.15) is 15.9 Å². The molecule has 2 rings (SSSR count). The van der Waals surface area contributed by atoms with Crippen LogP contribution in [0, 0.1) is 10.1 Å². The number of hydrogen-bond donors (Lipinski definition) is 2. The lowest BCUT2D eigenvalue weighted by atomic mass is 10.1. The van der Waals surface area contributed by atoms with Crippen molar-refractivity contribution in [3.8, 4) is 5.75 Å². The van der Waals surface area contributed by atoms with Crippen LogP contribution in [0.25, 0.3) is 0 Å². The van der Waals surface area contributed by atoms with Gasteiger partial charge in [0.2, 0.25) is 0 Å². The number of hydrogen-bond acceptors (Lipinski definition) is 5. The summed E-state index contributed by atoms with van der Waals surface area (Å²) in [5.41, 5.74) is -1.66. The van der Waals surface area contributed by atoms with Crippen LogP contribution in [-0.2, 0) is 6.18 Å². The summed E-state index contributed by atoms with van der Waals surface area (Å²) in [5, 5.41) is 15.2. The second kappa shape index (κ2) is 8.40. The topological polar surface area (TPSA) is 93.5 Å². The van der Waals surface area contributed by atoms with Crippen LogP contribution in [0.2, 0.25) is 5.02 Å². The molecule has 1 amide bonds. The number of rotatable bonds is 4. The molecule has 28 heavy (non-hydrogen) atoms. The van der Waals surface area contributed by atoms with Crippen molar-refractivity contribution < 1.29 is 27.6 Å². The Morgan fingerprint density at radius 2 is 1.93 bits per heavy atom. The van der Waals surface area contributed by atoms with Crippen LogP contribution in [0.5, 0.6) is 5.75 Å². The molecule has 12 heteroatoms. The van der Waals surface area contributed by atoms with E-state index in [9.17, 15) is 28.1 Å². The molecule has 0 heterocycles. The van der Waals surface area contributed by atoms with E-state index in [1.165, 1.54) is 19.2 Å². The average Bonchev–Trinajstić information content (AvgIpc) is 2.61. The van der Waals surface area contributed by atoms with Crippen molar-refractivity contribution in [2.45, 2.75) is 6.18 Å². The normalized spacial score (nSPS) is 10.9. The van der Waals surface area contributed by atoms with Crippen molar-refractivity contribution in [2.75, 3.05) is 12.4 Å². The molecule has 2 aromatic rings. The molecular weight excluding hydrogens is 423 g/mol. The highest BCUT2D eigenvalue weighted by Crippen LogP contribution is 2.33. The summed E-state index contributed by atoms with van der Waals surface area (Å²) in [6.45, 7) is 0. The Balaban J connectivity index is 2.17. The van der Waals surface area contributed by atoms with Crippen LogP contribution in [0.4, 0.5) is 24.5 Å². The van der Waals surface area contributed by atoms with E-state index in [4.69, 9.17) is 28.6 Å². The van der Waals surface area contributed by atoms with Gasteiger partial charge in [-0.2, -0.15) is 13.2 Å². The first-order chi connectivity index (χ1) is 13.0. The third-order valence-corrected chi connectivity index (χ3v) is 3.94. The highest BCUT2D eigenvalue weighted by molar-refractivity contribution is 7.80. The van der Waals surface area contributed by atoms with Gasteiger partial charge in [-0.25, -0.2) is 0 Å². The van der Waals surface area contributed by atoms with E-state index in [1.807, 2.05) is 0 Å². The number of nitro benzene ring substituents is 1. The van der Waals surface area contributed by atoms with E-state index in [1.54, 1.807) is 0 Å². The van der Waals surface area contributed by atoms with Gasteiger partial charge in [0.05, 0.1) is 28.3 Å². The number of ether oxygens (including phenoxy) is 1. The molecule has 0 bridgehead atoms. The van der Waals surface area contributed by atoms with Crippen molar-refractivity contribution >= 4 is 46.2 Å². The number of benzene rings is 2. The fourth-order valence-electron chi connectivity index (χ4n) is 2.10. The van der Waals surface area contributed by atoms with Crippen LogP contribution in [0.15, 0.2) is 36.4 Å². The second-order valence-electron chi connectivity index (χ2n) is 5.24. The average molecular weight is 434 g/mol. The number of alkyl halides is 3. The molecule has 0 spiro atoms. The van der Waals surface area contributed by atoms with E-state index in [2.05, 4.69) is 10.6 Å². The number of nitrogens with zero attached hydrogens (tertiary/aromatic N) is 1. The zero-order chi connectivity index (χ0) is 21.1. The highest BCUT2D eigenvalue weighted by atomic mass is 35.5. The lowest BCUT2D eigenvalue weighted by Crippen LogP contribution is -2.34. The molecule has 0 radical (unpaired) electrons. The van der Waals surface area contributed by atoms with Crippen molar-refractivity contribution in [3.63, 3.8) is 0 Å². The number of carbonyl (C=O) groups excluding carboxylic acids is 1. The third-order valence-electron chi connectivity index (χ3n) is 3.41. The zero-order valence-electron chi connectivity index (χ0n) is 14.0. The third kappa shape index (κ3) is 5.08. The maximum absolute atomic E-state index is 12.8. The van der Waals surface area contributed by atoms with Crippen LogP contribution in [0.3, 0.4) is 0 Å². The van der Waals surface area contributed by atoms with Gasteiger partial charge in [-0.1, -0.05) is 11.6 Å². The lowest BCUT2D eigenvalue weighted by molar-refractivity contribution is -0.385. The Hall–Kier alpha value is -2.92. The first-order valence-corrected chi connectivity index (χ1v) is 8.13. The number of anilines is 1. The molecule has 0 atom stereocenters. The summed E-state index contributed by atoms with van der Waals surface area (Å²) in [7, 11) is 1.24. The molecule has 0 aromatic heterocycles. The Morgan fingerprint density at radius 3 is 2.50 bits per heavy atom. The molecule has 148 valence electrons. The highest BCUT2D eigenvalue weighted by Gasteiger charge is 2.31. The Kier molecular flexibility index (Phi) is 6.41. The summed E-state index contributed by atoms with van der Waals surface area (Å²) >= 11 is 10.7. The number of carbonyl (C=O) groups is 1. The van der Waals surface area contributed by atoms with Crippen LogP contribution < -0.4 is 15.4 Å². The molecule has 7 nitrogen and oxygen atoms in total. The standard InChI is InChI=1S/C16H11ClF3N3O4S/c1-27-13-5-2-8(6-12(13)23(25)26)14(24)22-15(28)21-11-7-9(16(18,19)20)3-4-10(11)17/h2-7H,1H3,(H2,21,22,24,28). The number of nitro groups is 1. The first-order valence-electron chi connectivity index (χ1n) is 7.34.